The Morgan fingerprint density at radius 2 is 2.10 bits per heavy atom. The first kappa shape index (κ1) is 20.0. The van der Waals surface area contributed by atoms with E-state index in [2.05, 4.69) is 15.3 Å². The zero-order chi connectivity index (χ0) is 20.4. The number of carbonyl (C=O) groups excluding carboxylic acids is 2. The lowest BCUT2D eigenvalue weighted by atomic mass is 9.93. The van der Waals surface area contributed by atoms with Crippen LogP contribution in [0.2, 0.25) is 5.02 Å². The highest BCUT2D eigenvalue weighted by atomic mass is 35.5. The molecular weight excluding hydrogens is 412 g/mol. The fraction of sp³-hybridized carbons (Fsp3) is 0.400. The topological polar surface area (TPSA) is 84.4 Å². The summed E-state index contributed by atoms with van der Waals surface area (Å²) in [7, 11) is 0. The average molecular weight is 433 g/mol. The second-order valence-electron chi connectivity index (χ2n) is 7.16. The number of carbonyl (C=O) groups is 2. The number of hydrogen-bond acceptors (Lipinski definition) is 6. The molecule has 0 bridgehead atoms. The average Bonchev–Trinajstić information content (AvgIpc) is 3.11. The molecule has 2 aromatic rings. The van der Waals surface area contributed by atoms with Crippen LogP contribution in [0, 0.1) is 0 Å². The summed E-state index contributed by atoms with van der Waals surface area (Å²) in [5, 5.41) is 3.32. The maximum absolute atomic E-state index is 12.3. The quantitative estimate of drug-likeness (QED) is 0.705. The molecule has 152 valence electrons. The molecule has 1 atom stereocenters. The van der Waals surface area contributed by atoms with Crippen LogP contribution in [0.25, 0.3) is 11.4 Å². The Kier molecular flexibility index (Phi) is 5.91. The minimum Gasteiger partial charge on any atom is -0.447 e. The smallest absolute Gasteiger partial charge is 0.407 e. The number of amides is 2. The number of ether oxygens (including phenoxy) is 1. The number of likely N-dealkylation sites (tertiary alicyclic amines) is 1. The van der Waals surface area contributed by atoms with Crippen molar-refractivity contribution in [3.05, 3.63) is 41.2 Å². The van der Waals surface area contributed by atoms with E-state index >= 15 is 0 Å². The van der Waals surface area contributed by atoms with Gasteiger partial charge in [-0.25, -0.2) is 14.8 Å². The first-order valence-electron chi connectivity index (χ1n) is 9.40. The Bertz CT molecular complexity index is 918. The molecule has 0 saturated carbocycles. The van der Waals surface area contributed by atoms with Gasteiger partial charge in [-0.1, -0.05) is 11.6 Å². The predicted octanol–water partition coefficient (Wildman–Crippen LogP) is 3.33. The Hall–Kier alpha value is -2.32. The molecule has 4 rings (SSSR count). The number of aromatic nitrogens is 2. The first-order valence-corrected chi connectivity index (χ1v) is 11.0. The molecule has 2 amide bonds. The van der Waals surface area contributed by atoms with Crippen molar-refractivity contribution in [1.82, 2.24) is 20.2 Å². The molecule has 29 heavy (non-hydrogen) atoms. The van der Waals surface area contributed by atoms with Gasteiger partial charge in [0, 0.05) is 48.3 Å². The third-order valence-corrected chi connectivity index (χ3v) is 6.28. The van der Waals surface area contributed by atoms with Crippen LogP contribution < -0.4 is 5.32 Å². The Labute approximate surface area is 178 Å². The fourth-order valence-corrected chi connectivity index (χ4v) is 4.19. The Morgan fingerprint density at radius 3 is 2.72 bits per heavy atom. The number of nitrogens with one attached hydrogen (secondary N) is 1. The molecule has 0 spiro atoms. The molecular formula is C20H21ClN4O3S. The number of thioether (sulfide) groups is 1. The lowest BCUT2D eigenvalue weighted by molar-refractivity contribution is -0.135. The van der Waals surface area contributed by atoms with Crippen LogP contribution in [0.1, 0.15) is 24.3 Å². The Morgan fingerprint density at radius 1 is 1.34 bits per heavy atom. The highest BCUT2D eigenvalue weighted by Crippen LogP contribution is 2.31. The van der Waals surface area contributed by atoms with Crippen molar-refractivity contribution < 1.29 is 14.3 Å². The van der Waals surface area contributed by atoms with Gasteiger partial charge in [0.2, 0.25) is 5.91 Å². The summed E-state index contributed by atoms with van der Waals surface area (Å²) in [6, 6.07) is 5.78. The third kappa shape index (κ3) is 4.48. The number of nitrogens with zero attached hydrogens (tertiary/aromatic N) is 3. The van der Waals surface area contributed by atoms with Crippen LogP contribution in [-0.2, 0) is 9.53 Å². The molecule has 1 N–H and O–H groups in total. The summed E-state index contributed by atoms with van der Waals surface area (Å²) in [4.78, 5) is 35.2. The molecule has 1 aromatic heterocycles. The zero-order valence-corrected chi connectivity index (χ0v) is 17.5. The summed E-state index contributed by atoms with van der Waals surface area (Å²) in [5.74, 6) is 0.942. The number of halogens is 1. The molecule has 0 aliphatic carbocycles. The van der Waals surface area contributed by atoms with Gasteiger partial charge in [-0.15, -0.1) is 11.8 Å². The Balaban J connectivity index is 1.30. The molecule has 9 heteroatoms. The number of rotatable bonds is 6. The van der Waals surface area contributed by atoms with E-state index in [0.717, 1.165) is 16.0 Å². The second kappa shape index (κ2) is 8.59. The summed E-state index contributed by atoms with van der Waals surface area (Å²) in [6.45, 7) is 1.67. The van der Waals surface area contributed by atoms with Gasteiger partial charge in [0.1, 0.15) is 6.61 Å². The summed E-state index contributed by atoms with van der Waals surface area (Å²) in [6.07, 6.45) is 6.24. The second-order valence-corrected chi connectivity index (χ2v) is 8.45. The largest absolute Gasteiger partial charge is 0.447 e. The first-order chi connectivity index (χ1) is 14.0. The predicted molar refractivity (Wildman–Crippen MR) is 111 cm³/mol. The van der Waals surface area contributed by atoms with Crippen molar-refractivity contribution in [3.63, 3.8) is 0 Å². The van der Waals surface area contributed by atoms with E-state index in [1.807, 2.05) is 41.7 Å². The van der Waals surface area contributed by atoms with E-state index in [-0.39, 0.29) is 17.9 Å². The van der Waals surface area contributed by atoms with Crippen molar-refractivity contribution in [1.29, 1.82) is 0 Å². The van der Waals surface area contributed by atoms with E-state index in [1.165, 1.54) is 0 Å². The molecule has 1 aromatic carbocycles. The van der Waals surface area contributed by atoms with Gasteiger partial charge in [-0.05, 0) is 36.4 Å². The van der Waals surface area contributed by atoms with Gasteiger partial charge in [0.25, 0.3) is 0 Å². The number of hydrogen-bond donors (Lipinski definition) is 1. The molecule has 2 fully saturated rings. The van der Waals surface area contributed by atoms with E-state index in [9.17, 15) is 9.59 Å². The van der Waals surface area contributed by atoms with E-state index in [4.69, 9.17) is 16.3 Å². The van der Waals surface area contributed by atoms with Crippen molar-refractivity contribution in [2.75, 3.05) is 26.0 Å². The van der Waals surface area contributed by atoms with Crippen molar-refractivity contribution in [3.8, 4) is 11.4 Å². The lowest BCUT2D eigenvalue weighted by Crippen LogP contribution is -2.48. The van der Waals surface area contributed by atoms with Gasteiger partial charge < -0.3 is 15.0 Å². The standard InChI is InChI=1S/C20H21ClN4O3S/c1-29-15-3-4-16(17(21)6-15)19-22-7-12(8-23-19)13-9-25(10-13)18(26)5-2-14-11-28-20(27)24-14/h3-4,6-8,13-14H,2,5,9-11H2,1H3,(H,24,27). The lowest BCUT2D eigenvalue weighted by Gasteiger charge is -2.39. The van der Waals surface area contributed by atoms with Gasteiger partial charge >= 0.3 is 6.09 Å². The molecule has 0 radical (unpaired) electrons. The van der Waals surface area contributed by atoms with Gasteiger partial charge in [0.05, 0.1) is 11.1 Å². The van der Waals surface area contributed by atoms with Crippen LogP contribution in [-0.4, -0.2) is 58.9 Å². The number of benzene rings is 1. The summed E-state index contributed by atoms with van der Waals surface area (Å²) < 4.78 is 4.84. The maximum atomic E-state index is 12.3. The van der Waals surface area contributed by atoms with Crippen molar-refractivity contribution in [2.24, 2.45) is 0 Å². The van der Waals surface area contributed by atoms with Gasteiger partial charge in [-0.3, -0.25) is 4.79 Å². The number of alkyl carbamates (subject to hydrolysis) is 1. The van der Waals surface area contributed by atoms with Crippen molar-refractivity contribution >= 4 is 35.4 Å². The molecule has 1 unspecified atom stereocenters. The van der Waals surface area contributed by atoms with Crippen LogP contribution >= 0.6 is 23.4 Å². The maximum Gasteiger partial charge on any atom is 0.407 e. The van der Waals surface area contributed by atoms with E-state index in [1.54, 1.807) is 11.8 Å². The monoisotopic (exact) mass is 432 g/mol. The molecule has 2 aliphatic rings. The highest BCUT2D eigenvalue weighted by molar-refractivity contribution is 7.98. The molecule has 2 aliphatic heterocycles. The highest BCUT2D eigenvalue weighted by Gasteiger charge is 2.33. The van der Waals surface area contributed by atoms with E-state index in [0.29, 0.717) is 43.4 Å². The SMILES string of the molecule is CSc1ccc(-c2ncc(C3CN(C(=O)CCC4COC(=O)N4)C3)cn2)c(Cl)c1. The minimum atomic E-state index is -0.406. The summed E-state index contributed by atoms with van der Waals surface area (Å²) >= 11 is 7.99. The van der Waals surface area contributed by atoms with Gasteiger partial charge in [-0.2, -0.15) is 0 Å². The van der Waals surface area contributed by atoms with Crippen LogP contribution in [0.3, 0.4) is 0 Å². The normalized spacial score (nSPS) is 18.9. The minimum absolute atomic E-state index is 0.0683. The van der Waals surface area contributed by atoms with E-state index < -0.39 is 6.09 Å². The molecule has 7 nitrogen and oxygen atoms in total. The summed E-state index contributed by atoms with van der Waals surface area (Å²) in [5.41, 5.74) is 1.83. The van der Waals surface area contributed by atoms with Crippen LogP contribution in [0.4, 0.5) is 4.79 Å². The zero-order valence-electron chi connectivity index (χ0n) is 15.9. The number of cyclic esters (lactones) is 1. The molecule has 3 heterocycles. The van der Waals surface area contributed by atoms with Crippen molar-refractivity contribution in [2.45, 2.75) is 29.7 Å². The fourth-order valence-electron chi connectivity index (χ4n) is 3.42. The van der Waals surface area contributed by atoms with Crippen LogP contribution in [0.15, 0.2) is 35.5 Å². The van der Waals surface area contributed by atoms with Crippen LogP contribution in [0.5, 0.6) is 0 Å². The van der Waals surface area contributed by atoms with Gasteiger partial charge in [0.15, 0.2) is 5.82 Å². The third-order valence-electron chi connectivity index (χ3n) is 5.24. The molecule has 2 saturated heterocycles.